The molecule has 2 aromatic carbocycles. The number of benzene rings is 2. The summed E-state index contributed by atoms with van der Waals surface area (Å²) in [5, 5.41) is 10.0. The van der Waals surface area contributed by atoms with Crippen molar-refractivity contribution in [1.82, 2.24) is 15.5 Å². The van der Waals surface area contributed by atoms with Crippen molar-refractivity contribution < 1.29 is 4.79 Å². The summed E-state index contributed by atoms with van der Waals surface area (Å²) < 4.78 is 0. The molecular formula is C26H35N5O. The van der Waals surface area contributed by atoms with Crippen molar-refractivity contribution in [2.24, 2.45) is 4.99 Å². The van der Waals surface area contributed by atoms with E-state index in [9.17, 15) is 4.79 Å². The summed E-state index contributed by atoms with van der Waals surface area (Å²) in [5.74, 6) is 0.804. The van der Waals surface area contributed by atoms with Crippen molar-refractivity contribution in [3.63, 3.8) is 0 Å². The van der Waals surface area contributed by atoms with E-state index in [0.29, 0.717) is 6.54 Å². The summed E-state index contributed by atoms with van der Waals surface area (Å²) in [6.07, 6.45) is 7.15. The second-order valence-corrected chi connectivity index (χ2v) is 8.96. The number of anilines is 1. The fourth-order valence-electron chi connectivity index (χ4n) is 4.95. The quantitative estimate of drug-likeness (QED) is 0.464. The van der Waals surface area contributed by atoms with Crippen LogP contribution in [0.15, 0.2) is 59.6 Å². The van der Waals surface area contributed by atoms with Gasteiger partial charge in [0.1, 0.15) is 0 Å². The first-order chi connectivity index (χ1) is 15.7. The Hall–Kier alpha value is -3.02. The van der Waals surface area contributed by atoms with Crippen molar-refractivity contribution in [2.45, 2.75) is 50.5 Å². The average Bonchev–Trinajstić information content (AvgIpc) is 3.53. The number of amides is 2. The van der Waals surface area contributed by atoms with E-state index >= 15 is 0 Å². The highest BCUT2D eigenvalue weighted by atomic mass is 16.2. The molecule has 4 rings (SSSR count). The normalized spacial score (nSPS) is 17.9. The van der Waals surface area contributed by atoms with E-state index in [1.54, 1.807) is 0 Å². The first-order valence-electron chi connectivity index (χ1n) is 11.8. The van der Waals surface area contributed by atoms with Gasteiger partial charge in [-0.15, -0.1) is 0 Å². The minimum absolute atomic E-state index is 0.00661. The first kappa shape index (κ1) is 22.2. The van der Waals surface area contributed by atoms with Gasteiger partial charge in [-0.1, -0.05) is 55.3 Å². The minimum Gasteiger partial charge on any atom is -0.356 e. The van der Waals surface area contributed by atoms with Gasteiger partial charge < -0.3 is 20.9 Å². The number of guanidine groups is 1. The molecule has 1 saturated carbocycles. The smallest absolute Gasteiger partial charge is 0.321 e. The molecule has 1 aliphatic heterocycles. The largest absolute Gasteiger partial charge is 0.356 e. The van der Waals surface area contributed by atoms with Crippen LogP contribution in [0.5, 0.6) is 0 Å². The lowest BCUT2D eigenvalue weighted by Crippen LogP contribution is -2.44. The Balaban J connectivity index is 1.32. The third-order valence-electron chi connectivity index (χ3n) is 6.80. The number of aliphatic imine (C=N–C) groups is 1. The number of hydrogen-bond acceptors (Lipinski definition) is 2. The van der Waals surface area contributed by atoms with E-state index in [0.717, 1.165) is 49.7 Å². The molecule has 6 nitrogen and oxygen atoms in total. The molecule has 3 N–H and O–H groups in total. The second kappa shape index (κ2) is 10.5. The zero-order chi connectivity index (χ0) is 22.2. The van der Waals surface area contributed by atoms with Crippen LogP contribution >= 0.6 is 0 Å². The van der Waals surface area contributed by atoms with Crippen molar-refractivity contribution in [3.8, 4) is 0 Å². The molecule has 0 unspecified atom stereocenters. The molecule has 2 aromatic rings. The highest BCUT2D eigenvalue weighted by molar-refractivity contribution is 5.89. The van der Waals surface area contributed by atoms with Crippen LogP contribution in [-0.4, -0.2) is 43.6 Å². The number of carbonyl (C=O) groups excluding carboxylic acids is 1. The zero-order valence-electron chi connectivity index (χ0n) is 19.1. The SMILES string of the molecule is CN=C(NCc1cccc(NC(=O)N2CCCC2)c1)NCC1(c2ccccc2)CCCC1. The van der Waals surface area contributed by atoms with Gasteiger partial charge >= 0.3 is 6.03 Å². The summed E-state index contributed by atoms with van der Waals surface area (Å²) in [6.45, 7) is 3.22. The first-order valence-corrected chi connectivity index (χ1v) is 11.8. The van der Waals surface area contributed by atoms with Crippen molar-refractivity contribution in [1.29, 1.82) is 0 Å². The Kier molecular flexibility index (Phi) is 7.30. The fourth-order valence-corrected chi connectivity index (χ4v) is 4.95. The Morgan fingerprint density at radius 3 is 2.44 bits per heavy atom. The molecule has 0 radical (unpaired) electrons. The monoisotopic (exact) mass is 433 g/mol. The van der Waals surface area contributed by atoms with Crippen LogP contribution in [0.2, 0.25) is 0 Å². The Labute approximate surface area is 191 Å². The third kappa shape index (κ3) is 5.42. The molecular weight excluding hydrogens is 398 g/mol. The third-order valence-corrected chi connectivity index (χ3v) is 6.80. The van der Waals surface area contributed by atoms with Gasteiger partial charge in [0.15, 0.2) is 5.96 Å². The number of nitrogens with one attached hydrogen (secondary N) is 3. The molecule has 0 spiro atoms. The number of urea groups is 1. The summed E-state index contributed by atoms with van der Waals surface area (Å²) in [7, 11) is 1.81. The van der Waals surface area contributed by atoms with Crippen LogP contribution < -0.4 is 16.0 Å². The predicted octanol–water partition coefficient (Wildman–Crippen LogP) is 4.49. The Morgan fingerprint density at radius 1 is 0.969 bits per heavy atom. The van der Waals surface area contributed by atoms with Gasteiger partial charge in [-0.2, -0.15) is 0 Å². The number of likely N-dealkylation sites (tertiary alicyclic amines) is 1. The number of hydrogen-bond donors (Lipinski definition) is 3. The van der Waals surface area contributed by atoms with E-state index < -0.39 is 0 Å². The second-order valence-electron chi connectivity index (χ2n) is 8.96. The van der Waals surface area contributed by atoms with Crippen LogP contribution in [-0.2, 0) is 12.0 Å². The van der Waals surface area contributed by atoms with Gasteiger partial charge in [-0.25, -0.2) is 4.79 Å². The van der Waals surface area contributed by atoms with E-state index in [-0.39, 0.29) is 11.4 Å². The van der Waals surface area contributed by atoms with E-state index in [2.05, 4.69) is 57.3 Å². The van der Waals surface area contributed by atoms with Crippen LogP contribution in [0.4, 0.5) is 10.5 Å². The van der Waals surface area contributed by atoms with Gasteiger partial charge in [-0.05, 0) is 48.9 Å². The fraction of sp³-hybridized carbons (Fsp3) is 0.462. The number of carbonyl (C=O) groups is 1. The lowest BCUT2D eigenvalue weighted by Gasteiger charge is -2.30. The highest BCUT2D eigenvalue weighted by Gasteiger charge is 2.35. The van der Waals surface area contributed by atoms with Crippen LogP contribution in [0.1, 0.15) is 49.7 Å². The summed E-state index contributed by atoms with van der Waals surface area (Å²) in [4.78, 5) is 18.7. The molecule has 2 fully saturated rings. The van der Waals surface area contributed by atoms with Crippen molar-refractivity contribution in [2.75, 3.05) is 32.0 Å². The van der Waals surface area contributed by atoms with Gasteiger partial charge in [-0.3, -0.25) is 4.99 Å². The molecule has 1 heterocycles. The summed E-state index contributed by atoms with van der Waals surface area (Å²) in [6, 6.07) is 18.9. The van der Waals surface area contributed by atoms with E-state index in [1.807, 2.05) is 30.1 Å². The lowest BCUT2D eigenvalue weighted by molar-refractivity contribution is 0.222. The van der Waals surface area contributed by atoms with Gasteiger partial charge in [0.25, 0.3) is 0 Å². The summed E-state index contributed by atoms with van der Waals surface area (Å²) in [5.41, 5.74) is 3.53. The maximum atomic E-state index is 12.4. The van der Waals surface area contributed by atoms with Crippen LogP contribution in [0.3, 0.4) is 0 Å². The molecule has 6 heteroatoms. The predicted molar refractivity (Wildman–Crippen MR) is 131 cm³/mol. The molecule has 170 valence electrons. The number of nitrogens with zero attached hydrogens (tertiary/aromatic N) is 2. The maximum Gasteiger partial charge on any atom is 0.321 e. The van der Waals surface area contributed by atoms with Gasteiger partial charge in [0.05, 0.1) is 0 Å². The van der Waals surface area contributed by atoms with Crippen molar-refractivity contribution in [3.05, 3.63) is 65.7 Å². The molecule has 0 bridgehead atoms. The maximum absolute atomic E-state index is 12.4. The van der Waals surface area contributed by atoms with Crippen LogP contribution in [0.25, 0.3) is 0 Å². The minimum atomic E-state index is -0.00661. The topological polar surface area (TPSA) is 68.8 Å². The lowest BCUT2D eigenvalue weighted by atomic mass is 9.79. The molecule has 2 amide bonds. The molecule has 0 atom stereocenters. The van der Waals surface area contributed by atoms with Crippen LogP contribution in [0, 0.1) is 0 Å². The Bertz CT molecular complexity index is 915. The molecule has 32 heavy (non-hydrogen) atoms. The Morgan fingerprint density at radius 2 is 1.72 bits per heavy atom. The van der Waals surface area contributed by atoms with Gasteiger partial charge in [0, 0.05) is 44.3 Å². The summed E-state index contributed by atoms with van der Waals surface area (Å²) >= 11 is 0. The highest BCUT2D eigenvalue weighted by Crippen LogP contribution is 2.40. The number of rotatable bonds is 6. The van der Waals surface area contributed by atoms with E-state index in [4.69, 9.17) is 0 Å². The molecule has 2 aliphatic rings. The standard InChI is InChI=1S/C26H35N5O/c1-27-24(29-20-26(14-5-6-15-26)22-11-3-2-4-12-22)28-19-21-10-9-13-23(18-21)30-25(32)31-16-7-8-17-31/h2-4,9-13,18H,5-8,14-17,19-20H2,1H3,(H,30,32)(H2,27,28,29). The average molecular weight is 434 g/mol. The molecule has 1 aliphatic carbocycles. The zero-order valence-corrected chi connectivity index (χ0v) is 19.1. The van der Waals surface area contributed by atoms with Gasteiger partial charge in [0.2, 0.25) is 0 Å². The molecule has 1 saturated heterocycles. The molecule has 0 aromatic heterocycles. The van der Waals surface area contributed by atoms with Crippen molar-refractivity contribution >= 4 is 17.7 Å². The van der Waals surface area contributed by atoms with E-state index in [1.165, 1.54) is 31.2 Å².